The Balaban J connectivity index is 2.01. The molecule has 2 heterocycles. The monoisotopic (exact) mass is 342 g/mol. The number of hydrogen-bond acceptors (Lipinski definition) is 6. The molecule has 1 aliphatic heterocycles. The molecule has 0 saturated heterocycles. The van der Waals surface area contributed by atoms with Crippen LogP contribution in [0.5, 0.6) is 0 Å². The van der Waals surface area contributed by atoms with Gasteiger partial charge in [-0.1, -0.05) is 23.2 Å². The molecule has 0 bridgehead atoms. The van der Waals surface area contributed by atoms with Crippen molar-refractivity contribution in [1.82, 2.24) is 25.9 Å². The fourth-order valence-corrected chi connectivity index (χ4v) is 2.61. The average Bonchev–Trinajstić information content (AvgIpc) is 3.08. The number of thiol groups is 1. The minimum Gasteiger partial charge on any atom is -0.271 e. The number of hydrazine groups is 2. The van der Waals surface area contributed by atoms with Crippen LogP contribution in [0.1, 0.15) is 12.5 Å². The van der Waals surface area contributed by atoms with Crippen molar-refractivity contribution in [3.05, 3.63) is 40.0 Å². The van der Waals surface area contributed by atoms with E-state index in [1.54, 1.807) is 23.0 Å². The zero-order valence-electron chi connectivity index (χ0n) is 11.0. The first kappa shape index (κ1) is 14.5. The summed E-state index contributed by atoms with van der Waals surface area (Å²) in [5.74, 6) is 0.730. The van der Waals surface area contributed by atoms with Crippen LogP contribution in [0.15, 0.2) is 34.5 Å². The van der Waals surface area contributed by atoms with E-state index in [0.29, 0.717) is 15.1 Å². The molecule has 110 valence electrons. The fourth-order valence-electron chi connectivity index (χ4n) is 1.99. The van der Waals surface area contributed by atoms with Gasteiger partial charge < -0.3 is 0 Å². The van der Waals surface area contributed by atoms with Crippen molar-refractivity contribution in [3.63, 3.8) is 0 Å². The van der Waals surface area contributed by atoms with Crippen molar-refractivity contribution >= 4 is 41.7 Å². The third kappa shape index (κ3) is 2.57. The van der Waals surface area contributed by atoms with Crippen LogP contribution in [-0.2, 0) is 0 Å². The van der Waals surface area contributed by atoms with E-state index in [2.05, 4.69) is 33.9 Å². The van der Waals surface area contributed by atoms with Gasteiger partial charge in [0.1, 0.15) is 5.03 Å². The minimum absolute atomic E-state index is 0.468. The van der Waals surface area contributed by atoms with Crippen molar-refractivity contribution in [3.8, 4) is 5.69 Å². The van der Waals surface area contributed by atoms with Crippen LogP contribution >= 0.6 is 35.8 Å². The molecule has 0 aliphatic carbocycles. The molecule has 2 N–H and O–H groups in total. The summed E-state index contributed by atoms with van der Waals surface area (Å²) in [7, 11) is 0. The van der Waals surface area contributed by atoms with Gasteiger partial charge in [0, 0.05) is 6.54 Å². The van der Waals surface area contributed by atoms with Crippen LogP contribution in [0.2, 0.25) is 10.0 Å². The molecule has 0 spiro atoms. The SMILES string of the molecule is CCN1NNN=C1c1cnn(-c2ccc(Cl)c(Cl)c2)c1S. The highest BCUT2D eigenvalue weighted by Crippen LogP contribution is 2.27. The Morgan fingerprint density at radius 3 is 2.81 bits per heavy atom. The normalized spacial score (nSPS) is 14.3. The Morgan fingerprint density at radius 2 is 2.10 bits per heavy atom. The fraction of sp³-hybridized carbons (Fsp3) is 0.167. The van der Waals surface area contributed by atoms with E-state index in [-0.39, 0.29) is 0 Å². The summed E-state index contributed by atoms with van der Waals surface area (Å²) in [6.07, 6.45) is 1.71. The van der Waals surface area contributed by atoms with Gasteiger partial charge in [-0.15, -0.1) is 23.3 Å². The second-order valence-electron chi connectivity index (χ2n) is 4.30. The topological polar surface area (TPSA) is 57.5 Å². The number of benzene rings is 1. The maximum Gasteiger partial charge on any atom is 0.177 e. The number of aromatic nitrogens is 2. The zero-order chi connectivity index (χ0) is 15.0. The molecule has 6 nitrogen and oxygen atoms in total. The van der Waals surface area contributed by atoms with Crippen molar-refractivity contribution in [2.45, 2.75) is 11.9 Å². The first-order chi connectivity index (χ1) is 10.1. The maximum atomic E-state index is 6.05. The van der Waals surface area contributed by atoms with Gasteiger partial charge in [0.05, 0.1) is 27.5 Å². The Labute approximate surface area is 137 Å². The molecule has 1 aromatic heterocycles. The van der Waals surface area contributed by atoms with Crippen molar-refractivity contribution < 1.29 is 0 Å². The Bertz CT molecular complexity index is 714. The van der Waals surface area contributed by atoms with Crippen LogP contribution in [0.3, 0.4) is 0 Å². The van der Waals surface area contributed by atoms with Gasteiger partial charge in [0.25, 0.3) is 0 Å². The molecule has 0 radical (unpaired) electrons. The van der Waals surface area contributed by atoms with E-state index in [9.17, 15) is 0 Å². The van der Waals surface area contributed by atoms with Crippen LogP contribution in [0, 0.1) is 0 Å². The van der Waals surface area contributed by atoms with E-state index in [1.165, 1.54) is 0 Å². The van der Waals surface area contributed by atoms with Gasteiger partial charge in [-0.3, -0.25) is 5.01 Å². The Hall–Kier alpha value is -1.41. The summed E-state index contributed by atoms with van der Waals surface area (Å²) in [6, 6.07) is 5.29. The molecule has 0 saturated carbocycles. The number of hydrazone groups is 1. The standard InChI is InChI=1S/C12H12Cl2N6S/c1-2-19-11(16-17-18-19)8-6-15-20(12(8)21)7-3-4-9(13)10(14)5-7/h3-6,17-18,21H,2H2,1H3. The van der Waals surface area contributed by atoms with Crippen molar-refractivity contribution in [2.24, 2.45) is 5.10 Å². The third-order valence-electron chi connectivity index (χ3n) is 3.05. The molecule has 0 atom stereocenters. The summed E-state index contributed by atoms with van der Waals surface area (Å²) in [4.78, 5) is 0. The molecule has 0 unspecified atom stereocenters. The van der Waals surface area contributed by atoms with Gasteiger partial charge in [-0.25, -0.2) is 10.2 Å². The third-order valence-corrected chi connectivity index (χ3v) is 4.22. The molecular weight excluding hydrogens is 331 g/mol. The molecule has 2 aromatic rings. The second-order valence-corrected chi connectivity index (χ2v) is 5.53. The van der Waals surface area contributed by atoms with Gasteiger partial charge in [-0.05, 0) is 25.1 Å². The highest BCUT2D eigenvalue weighted by atomic mass is 35.5. The second kappa shape index (κ2) is 5.76. The molecule has 1 aromatic carbocycles. The number of rotatable bonds is 3. The van der Waals surface area contributed by atoms with Crippen LogP contribution < -0.4 is 11.1 Å². The van der Waals surface area contributed by atoms with E-state index in [0.717, 1.165) is 23.6 Å². The number of amidine groups is 1. The Morgan fingerprint density at radius 1 is 1.29 bits per heavy atom. The summed E-state index contributed by atoms with van der Waals surface area (Å²) in [5.41, 5.74) is 7.23. The lowest BCUT2D eigenvalue weighted by atomic mass is 10.3. The number of nitrogens with zero attached hydrogens (tertiary/aromatic N) is 4. The number of hydrogen-bond donors (Lipinski definition) is 3. The van der Waals surface area contributed by atoms with E-state index in [4.69, 9.17) is 23.2 Å². The average molecular weight is 343 g/mol. The summed E-state index contributed by atoms with van der Waals surface area (Å²) < 4.78 is 1.68. The Kier molecular flexibility index (Phi) is 3.99. The highest BCUT2D eigenvalue weighted by molar-refractivity contribution is 7.80. The van der Waals surface area contributed by atoms with E-state index in [1.807, 2.05) is 18.0 Å². The summed E-state index contributed by atoms with van der Waals surface area (Å²) >= 11 is 16.5. The van der Waals surface area contributed by atoms with E-state index < -0.39 is 0 Å². The minimum atomic E-state index is 0.468. The molecular formula is C12H12Cl2N6S. The lowest BCUT2D eigenvalue weighted by molar-refractivity contribution is 0.308. The maximum absolute atomic E-state index is 6.05. The number of halogens is 2. The molecule has 1 aliphatic rings. The zero-order valence-corrected chi connectivity index (χ0v) is 13.4. The predicted molar refractivity (Wildman–Crippen MR) is 86.0 cm³/mol. The molecule has 0 amide bonds. The van der Waals surface area contributed by atoms with Crippen LogP contribution in [0.25, 0.3) is 5.69 Å². The van der Waals surface area contributed by atoms with Crippen molar-refractivity contribution in [2.75, 3.05) is 6.54 Å². The van der Waals surface area contributed by atoms with Gasteiger partial charge in [0.2, 0.25) is 0 Å². The quantitative estimate of drug-likeness (QED) is 0.750. The molecule has 21 heavy (non-hydrogen) atoms. The van der Waals surface area contributed by atoms with Gasteiger partial charge >= 0.3 is 0 Å². The van der Waals surface area contributed by atoms with Gasteiger partial charge in [0.15, 0.2) is 5.84 Å². The number of nitrogens with one attached hydrogen (secondary N) is 2. The largest absolute Gasteiger partial charge is 0.271 e. The molecule has 3 rings (SSSR count). The van der Waals surface area contributed by atoms with E-state index >= 15 is 0 Å². The van der Waals surface area contributed by atoms with Crippen LogP contribution in [0.4, 0.5) is 0 Å². The smallest absolute Gasteiger partial charge is 0.177 e. The first-order valence-corrected chi connectivity index (χ1v) is 7.40. The molecule has 0 fully saturated rings. The van der Waals surface area contributed by atoms with Gasteiger partial charge in [-0.2, -0.15) is 5.10 Å². The molecule has 9 heteroatoms. The summed E-state index contributed by atoms with van der Waals surface area (Å²) in [5, 5.41) is 12.0. The lowest BCUT2D eigenvalue weighted by Gasteiger charge is -2.15. The highest BCUT2D eigenvalue weighted by Gasteiger charge is 2.22. The first-order valence-electron chi connectivity index (χ1n) is 6.20. The summed E-state index contributed by atoms with van der Waals surface area (Å²) in [6.45, 7) is 2.76. The lowest BCUT2D eigenvalue weighted by Crippen LogP contribution is -2.40. The van der Waals surface area contributed by atoms with Crippen molar-refractivity contribution in [1.29, 1.82) is 0 Å². The van der Waals surface area contributed by atoms with Crippen LogP contribution in [-0.4, -0.2) is 27.2 Å². The predicted octanol–water partition coefficient (Wildman–Crippen LogP) is 2.47.